The van der Waals surface area contributed by atoms with Gasteiger partial charge in [0.1, 0.15) is 0 Å². The molecular formula is C9H17NO2S. The van der Waals surface area contributed by atoms with E-state index in [2.05, 4.69) is 12.2 Å². The third-order valence-corrected chi connectivity index (χ3v) is 3.21. The van der Waals surface area contributed by atoms with Crippen LogP contribution in [0, 0.1) is 0 Å². The molecule has 3 nitrogen and oxygen atoms in total. The molecule has 1 fully saturated rings. The zero-order valence-corrected chi connectivity index (χ0v) is 9.02. The van der Waals surface area contributed by atoms with Crippen molar-refractivity contribution >= 4 is 17.7 Å². The van der Waals surface area contributed by atoms with Gasteiger partial charge in [-0.2, -0.15) is 0 Å². The second-order valence-electron chi connectivity index (χ2n) is 3.33. The van der Waals surface area contributed by atoms with Crippen LogP contribution in [0.1, 0.15) is 19.8 Å². The predicted molar refractivity (Wildman–Crippen MR) is 55.0 cm³/mol. The number of nitrogens with one attached hydrogen (secondary N) is 1. The fourth-order valence-electron chi connectivity index (χ4n) is 1.36. The minimum Gasteiger partial charge on any atom is -0.374 e. The van der Waals surface area contributed by atoms with Crippen LogP contribution < -0.4 is 5.32 Å². The van der Waals surface area contributed by atoms with Gasteiger partial charge in [-0.15, -0.1) is 11.8 Å². The maximum Gasteiger partial charge on any atom is 0.229 e. The second kappa shape index (κ2) is 5.50. The molecule has 1 heterocycles. The Kier molecular flexibility index (Phi) is 4.59. The molecule has 2 atom stereocenters. The molecule has 1 N–H and O–H groups in total. The highest BCUT2D eigenvalue weighted by Crippen LogP contribution is 2.21. The topological polar surface area (TPSA) is 38.3 Å². The Morgan fingerprint density at radius 1 is 1.62 bits per heavy atom. The average Bonchev–Trinajstić information content (AvgIpc) is 2.51. The van der Waals surface area contributed by atoms with E-state index in [1.807, 2.05) is 0 Å². The van der Waals surface area contributed by atoms with Crippen molar-refractivity contribution in [2.24, 2.45) is 0 Å². The van der Waals surface area contributed by atoms with E-state index in [9.17, 15) is 4.79 Å². The third kappa shape index (κ3) is 4.00. The van der Waals surface area contributed by atoms with Crippen molar-refractivity contribution < 1.29 is 9.53 Å². The first-order valence-electron chi connectivity index (χ1n) is 4.66. The minimum absolute atomic E-state index is 0.0936. The molecule has 0 aromatic rings. The van der Waals surface area contributed by atoms with E-state index in [1.54, 1.807) is 18.8 Å². The van der Waals surface area contributed by atoms with E-state index < -0.39 is 0 Å². The molecule has 4 heteroatoms. The van der Waals surface area contributed by atoms with Crippen LogP contribution in [0.15, 0.2) is 0 Å². The molecule has 0 aliphatic carbocycles. The summed E-state index contributed by atoms with van der Waals surface area (Å²) in [7, 11) is 1.66. The van der Waals surface area contributed by atoms with Crippen molar-refractivity contribution in [1.82, 2.24) is 5.32 Å². The van der Waals surface area contributed by atoms with Crippen LogP contribution in [0.3, 0.4) is 0 Å². The molecule has 0 radical (unpaired) electrons. The van der Waals surface area contributed by atoms with Gasteiger partial charge in [0, 0.05) is 12.8 Å². The number of hydrogen-bond acceptors (Lipinski definition) is 3. The summed E-state index contributed by atoms with van der Waals surface area (Å²) in [6.45, 7) is 2.10. The Balaban J connectivity index is 2.03. The molecule has 0 spiro atoms. The molecule has 0 unspecified atom stereocenters. The SMILES string of the molecule is CNC(=O)CSC[C@@H]1CC[C@H](C)O1. The first-order chi connectivity index (χ1) is 6.22. The third-order valence-electron chi connectivity index (χ3n) is 2.14. The van der Waals surface area contributed by atoms with E-state index in [1.165, 1.54) is 0 Å². The van der Waals surface area contributed by atoms with Crippen molar-refractivity contribution in [3.8, 4) is 0 Å². The van der Waals surface area contributed by atoms with Crippen molar-refractivity contribution in [3.63, 3.8) is 0 Å². The van der Waals surface area contributed by atoms with Crippen molar-refractivity contribution in [2.75, 3.05) is 18.6 Å². The highest BCUT2D eigenvalue weighted by atomic mass is 32.2. The van der Waals surface area contributed by atoms with Gasteiger partial charge in [-0.3, -0.25) is 4.79 Å². The predicted octanol–water partition coefficient (Wildman–Crippen LogP) is 1.03. The lowest BCUT2D eigenvalue weighted by Crippen LogP contribution is -2.21. The summed E-state index contributed by atoms with van der Waals surface area (Å²) in [5.74, 6) is 1.58. The molecule has 0 aromatic heterocycles. The molecule has 13 heavy (non-hydrogen) atoms. The monoisotopic (exact) mass is 203 g/mol. The molecule has 76 valence electrons. The van der Waals surface area contributed by atoms with E-state index >= 15 is 0 Å². The summed E-state index contributed by atoms with van der Waals surface area (Å²) in [6, 6.07) is 0. The standard InChI is InChI=1S/C9H17NO2S/c1-7-3-4-8(12-7)5-13-6-9(11)10-2/h7-8H,3-6H2,1-2H3,(H,10,11)/t7-,8-/m0/s1. The van der Waals surface area contributed by atoms with E-state index in [-0.39, 0.29) is 5.91 Å². The van der Waals surface area contributed by atoms with Crippen molar-refractivity contribution in [3.05, 3.63) is 0 Å². The molecule has 0 saturated carbocycles. The van der Waals surface area contributed by atoms with Crippen molar-refractivity contribution in [1.29, 1.82) is 0 Å². The van der Waals surface area contributed by atoms with Crippen molar-refractivity contribution in [2.45, 2.75) is 32.0 Å². The number of amides is 1. The fourth-order valence-corrected chi connectivity index (χ4v) is 2.32. The molecule has 1 aliphatic heterocycles. The highest BCUT2D eigenvalue weighted by Gasteiger charge is 2.21. The van der Waals surface area contributed by atoms with Gasteiger partial charge < -0.3 is 10.1 Å². The van der Waals surface area contributed by atoms with Crippen LogP contribution >= 0.6 is 11.8 Å². The summed E-state index contributed by atoms with van der Waals surface area (Å²) in [6.07, 6.45) is 3.07. The van der Waals surface area contributed by atoms with Crippen LogP contribution in [-0.2, 0) is 9.53 Å². The quantitative estimate of drug-likeness (QED) is 0.741. The maximum absolute atomic E-state index is 10.9. The smallest absolute Gasteiger partial charge is 0.229 e. The highest BCUT2D eigenvalue weighted by molar-refractivity contribution is 7.99. The summed E-state index contributed by atoms with van der Waals surface area (Å²) >= 11 is 1.65. The largest absolute Gasteiger partial charge is 0.374 e. The Morgan fingerprint density at radius 2 is 2.38 bits per heavy atom. The summed E-state index contributed by atoms with van der Waals surface area (Å²) in [5, 5.41) is 2.60. The van der Waals surface area contributed by atoms with Crippen LogP contribution in [0.25, 0.3) is 0 Å². The lowest BCUT2D eigenvalue weighted by Gasteiger charge is -2.09. The number of ether oxygens (including phenoxy) is 1. The van der Waals surface area contributed by atoms with Gasteiger partial charge in [0.2, 0.25) is 5.91 Å². The summed E-state index contributed by atoms with van der Waals surface area (Å²) in [5.41, 5.74) is 0. The number of rotatable bonds is 4. The zero-order valence-electron chi connectivity index (χ0n) is 8.21. The van der Waals surface area contributed by atoms with E-state index in [0.29, 0.717) is 18.0 Å². The van der Waals surface area contributed by atoms with Gasteiger partial charge in [0.25, 0.3) is 0 Å². The molecule has 1 amide bonds. The lowest BCUT2D eigenvalue weighted by atomic mass is 10.2. The Bertz CT molecular complexity index is 175. The van der Waals surface area contributed by atoms with Gasteiger partial charge in [-0.25, -0.2) is 0 Å². The van der Waals surface area contributed by atoms with Crippen LogP contribution in [-0.4, -0.2) is 36.7 Å². The first kappa shape index (κ1) is 10.9. The zero-order chi connectivity index (χ0) is 9.68. The van der Waals surface area contributed by atoms with Crippen LogP contribution in [0.5, 0.6) is 0 Å². The van der Waals surface area contributed by atoms with Gasteiger partial charge in [-0.05, 0) is 19.8 Å². The van der Waals surface area contributed by atoms with Gasteiger partial charge >= 0.3 is 0 Å². The first-order valence-corrected chi connectivity index (χ1v) is 5.81. The summed E-state index contributed by atoms with van der Waals surface area (Å²) in [4.78, 5) is 10.9. The average molecular weight is 203 g/mol. The summed E-state index contributed by atoms with van der Waals surface area (Å²) < 4.78 is 5.62. The molecule has 0 aromatic carbocycles. The molecule has 1 aliphatic rings. The fraction of sp³-hybridized carbons (Fsp3) is 0.889. The number of thioether (sulfide) groups is 1. The van der Waals surface area contributed by atoms with Gasteiger partial charge in [0.15, 0.2) is 0 Å². The number of hydrogen-bond donors (Lipinski definition) is 1. The normalized spacial score (nSPS) is 27.5. The Hall–Kier alpha value is -0.220. The molecule has 0 bridgehead atoms. The van der Waals surface area contributed by atoms with E-state index in [0.717, 1.165) is 18.6 Å². The molecular weight excluding hydrogens is 186 g/mol. The lowest BCUT2D eigenvalue weighted by molar-refractivity contribution is -0.118. The molecule has 1 saturated heterocycles. The number of carbonyl (C=O) groups excluding carboxylic acids is 1. The number of carbonyl (C=O) groups is 1. The molecule has 1 rings (SSSR count). The second-order valence-corrected chi connectivity index (χ2v) is 4.36. The Morgan fingerprint density at radius 3 is 2.92 bits per heavy atom. The van der Waals surface area contributed by atoms with Crippen LogP contribution in [0.4, 0.5) is 0 Å². The van der Waals surface area contributed by atoms with Gasteiger partial charge in [-0.1, -0.05) is 0 Å². The maximum atomic E-state index is 10.9. The van der Waals surface area contributed by atoms with Gasteiger partial charge in [0.05, 0.1) is 18.0 Å². The van der Waals surface area contributed by atoms with Crippen LogP contribution in [0.2, 0.25) is 0 Å². The van der Waals surface area contributed by atoms with E-state index in [4.69, 9.17) is 4.74 Å². The minimum atomic E-state index is 0.0936. The Labute approximate surface area is 83.6 Å².